The van der Waals surface area contributed by atoms with Gasteiger partial charge in [-0.05, 0) is 36.4 Å². The number of rotatable bonds is 3. The van der Waals surface area contributed by atoms with E-state index in [1.807, 2.05) is 0 Å². The molecule has 0 aliphatic carbocycles. The van der Waals surface area contributed by atoms with Crippen molar-refractivity contribution in [1.29, 1.82) is 0 Å². The first-order chi connectivity index (χ1) is 12.4. The van der Waals surface area contributed by atoms with Gasteiger partial charge in [0.05, 0.1) is 17.6 Å². The van der Waals surface area contributed by atoms with Crippen molar-refractivity contribution in [1.82, 2.24) is 4.57 Å². The maximum Gasteiger partial charge on any atom is 0.299 e. The molecule has 0 unspecified atom stereocenters. The molecule has 1 aromatic heterocycles. The van der Waals surface area contributed by atoms with Gasteiger partial charge in [0.15, 0.2) is 5.69 Å². The molecule has 2 N–H and O–H groups in total. The van der Waals surface area contributed by atoms with Crippen molar-refractivity contribution in [2.75, 3.05) is 0 Å². The zero-order valence-corrected chi connectivity index (χ0v) is 15.5. The van der Waals surface area contributed by atoms with Gasteiger partial charge in [-0.1, -0.05) is 33.5 Å². The highest BCUT2D eigenvalue weighted by molar-refractivity contribution is 9.10. The van der Waals surface area contributed by atoms with Gasteiger partial charge in [-0.3, -0.25) is 9.36 Å². The number of terminal acetylenes is 1. The minimum absolute atomic E-state index is 0.0886. The third-order valence-corrected chi connectivity index (χ3v) is 4.38. The Kier molecular flexibility index (Phi) is 4.98. The van der Waals surface area contributed by atoms with Crippen LogP contribution in [-0.2, 0) is 6.54 Å². The van der Waals surface area contributed by atoms with Gasteiger partial charge in [-0.2, -0.15) is 0 Å². The molecule has 0 aliphatic rings. The molecule has 0 bridgehead atoms. The molecular formula is C18H11BrClN3O3. The van der Waals surface area contributed by atoms with Gasteiger partial charge in [0, 0.05) is 14.9 Å². The minimum Gasteiger partial charge on any atom is -0.507 e. The molecule has 0 saturated heterocycles. The Labute approximate surface area is 161 Å². The molecule has 8 heteroatoms. The van der Waals surface area contributed by atoms with Crippen LogP contribution in [-0.4, -0.2) is 20.7 Å². The fraction of sp³-hybridized carbons (Fsp3) is 0.0556. The Morgan fingerprint density at radius 2 is 2.04 bits per heavy atom. The summed E-state index contributed by atoms with van der Waals surface area (Å²) in [7, 11) is 0. The van der Waals surface area contributed by atoms with Gasteiger partial charge >= 0.3 is 0 Å². The Morgan fingerprint density at radius 3 is 2.77 bits per heavy atom. The molecule has 2 aromatic carbocycles. The normalized spacial score (nSPS) is 11.1. The van der Waals surface area contributed by atoms with E-state index in [-0.39, 0.29) is 34.4 Å². The second-order valence-electron chi connectivity index (χ2n) is 5.29. The largest absolute Gasteiger partial charge is 0.507 e. The Balaban J connectivity index is 2.08. The number of aromatic hydroxyl groups is 2. The van der Waals surface area contributed by atoms with Crippen molar-refractivity contribution in [3.63, 3.8) is 0 Å². The number of nitrogens with zero attached hydrogens (tertiary/aromatic N) is 3. The van der Waals surface area contributed by atoms with Crippen molar-refractivity contribution in [2.24, 2.45) is 10.2 Å². The summed E-state index contributed by atoms with van der Waals surface area (Å²) in [5.41, 5.74) is 0.663. The molecule has 0 saturated carbocycles. The summed E-state index contributed by atoms with van der Waals surface area (Å²) < 4.78 is 2.25. The highest BCUT2D eigenvalue weighted by Crippen LogP contribution is 2.40. The highest BCUT2D eigenvalue weighted by atomic mass is 79.9. The molecule has 3 rings (SSSR count). The van der Waals surface area contributed by atoms with Crippen LogP contribution in [0, 0.1) is 12.3 Å². The van der Waals surface area contributed by atoms with Gasteiger partial charge in [0.2, 0.25) is 5.88 Å². The summed E-state index contributed by atoms with van der Waals surface area (Å²) >= 11 is 9.19. The molecule has 0 atom stereocenters. The first-order valence-corrected chi connectivity index (χ1v) is 8.48. The lowest BCUT2D eigenvalue weighted by Gasteiger charge is -2.01. The Morgan fingerprint density at radius 1 is 1.27 bits per heavy atom. The van der Waals surface area contributed by atoms with E-state index in [9.17, 15) is 15.0 Å². The van der Waals surface area contributed by atoms with Crippen LogP contribution in [0.2, 0.25) is 5.02 Å². The number of fused-ring (bicyclic) bond motifs is 1. The van der Waals surface area contributed by atoms with Gasteiger partial charge in [0.25, 0.3) is 5.91 Å². The average molecular weight is 433 g/mol. The molecule has 0 radical (unpaired) electrons. The molecule has 0 fully saturated rings. The number of hydrogen-bond acceptors (Lipinski definition) is 4. The first kappa shape index (κ1) is 18.0. The third-order valence-electron chi connectivity index (χ3n) is 3.65. The Bertz CT molecular complexity index is 1100. The maximum atomic E-state index is 12.2. The zero-order chi connectivity index (χ0) is 18.8. The molecule has 1 heterocycles. The number of amides is 1. The molecule has 0 aliphatic heterocycles. The first-order valence-electron chi connectivity index (χ1n) is 7.31. The lowest BCUT2D eigenvalue weighted by atomic mass is 10.2. The second-order valence-corrected chi connectivity index (χ2v) is 6.64. The van der Waals surface area contributed by atoms with Gasteiger partial charge in [-0.15, -0.1) is 16.7 Å². The summed E-state index contributed by atoms with van der Waals surface area (Å²) in [5, 5.41) is 28.5. The number of carbonyl (C=O) groups excluding carboxylic acids is 1. The number of phenolic OH excluding ortho intramolecular Hbond substituents is 1. The van der Waals surface area contributed by atoms with Crippen LogP contribution in [0.5, 0.6) is 11.6 Å². The molecule has 130 valence electrons. The molecule has 6 nitrogen and oxygen atoms in total. The van der Waals surface area contributed by atoms with E-state index in [0.717, 1.165) is 4.47 Å². The summed E-state index contributed by atoms with van der Waals surface area (Å²) in [6, 6.07) is 9.32. The van der Waals surface area contributed by atoms with Crippen molar-refractivity contribution in [3.8, 4) is 24.0 Å². The topological polar surface area (TPSA) is 87.2 Å². The maximum absolute atomic E-state index is 12.2. The van der Waals surface area contributed by atoms with Crippen LogP contribution < -0.4 is 0 Å². The smallest absolute Gasteiger partial charge is 0.299 e. The van der Waals surface area contributed by atoms with E-state index in [1.165, 1.54) is 22.8 Å². The highest BCUT2D eigenvalue weighted by Gasteiger charge is 2.18. The number of azo groups is 1. The van der Waals surface area contributed by atoms with Crippen LogP contribution in [0.1, 0.15) is 10.4 Å². The number of aromatic nitrogens is 1. The van der Waals surface area contributed by atoms with E-state index in [1.54, 1.807) is 18.2 Å². The molecule has 26 heavy (non-hydrogen) atoms. The van der Waals surface area contributed by atoms with E-state index in [4.69, 9.17) is 18.0 Å². The molecule has 1 amide bonds. The van der Waals surface area contributed by atoms with E-state index in [0.29, 0.717) is 10.9 Å². The van der Waals surface area contributed by atoms with Crippen LogP contribution in [0.4, 0.5) is 5.69 Å². The summed E-state index contributed by atoms with van der Waals surface area (Å²) in [6.45, 7) is 0.127. The fourth-order valence-electron chi connectivity index (χ4n) is 2.47. The molecule has 3 aromatic rings. The van der Waals surface area contributed by atoms with Gasteiger partial charge < -0.3 is 10.2 Å². The van der Waals surface area contributed by atoms with E-state index < -0.39 is 5.91 Å². The predicted octanol–water partition coefficient (Wildman–Crippen LogP) is 5.03. The van der Waals surface area contributed by atoms with E-state index >= 15 is 0 Å². The number of hydrogen-bond donors (Lipinski definition) is 2. The van der Waals surface area contributed by atoms with Crippen molar-refractivity contribution in [3.05, 3.63) is 51.5 Å². The Hall–Kier alpha value is -2.82. The van der Waals surface area contributed by atoms with Gasteiger partial charge in [0.1, 0.15) is 5.75 Å². The van der Waals surface area contributed by atoms with Crippen molar-refractivity contribution < 1.29 is 15.0 Å². The van der Waals surface area contributed by atoms with Crippen molar-refractivity contribution in [2.45, 2.75) is 6.54 Å². The van der Waals surface area contributed by atoms with Crippen molar-refractivity contribution >= 4 is 50.0 Å². The quantitative estimate of drug-likeness (QED) is 0.450. The lowest BCUT2D eigenvalue weighted by Crippen LogP contribution is -1.94. The molecule has 0 spiro atoms. The van der Waals surface area contributed by atoms with Crippen LogP contribution in [0.25, 0.3) is 10.9 Å². The monoisotopic (exact) mass is 431 g/mol. The number of phenols is 1. The average Bonchev–Trinajstić information content (AvgIpc) is 2.86. The summed E-state index contributed by atoms with van der Waals surface area (Å²) in [4.78, 5) is 12.2. The van der Waals surface area contributed by atoms with Crippen LogP contribution >= 0.6 is 27.5 Å². The SMILES string of the molecule is C#CCn1c(O)c(N=NC(=O)c2cc(Cl)ccc2O)c2cc(Br)ccc21. The van der Waals surface area contributed by atoms with E-state index in [2.05, 4.69) is 32.1 Å². The number of halogens is 2. The summed E-state index contributed by atoms with van der Waals surface area (Å²) in [5.74, 6) is 1.19. The number of carbonyl (C=O) groups is 1. The third kappa shape index (κ3) is 3.29. The zero-order valence-electron chi connectivity index (χ0n) is 13.1. The minimum atomic E-state index is -0.794. The van der Waals surface area contributed by atoms with Crippen LogP contribution in [0.3, 0.4) is 0 Å². The standard InChI is InChI=1S/C18H11BrClN3O3/c1-2-7-23-14-5-3-10(19)8-12(14)16(18(23)26)21-22-17(25)13-9-11(20)4-6-15(13)24/h1,3-6,8-9,24,26H,7H2. The second kappa shape index (κ2) is 7.20. The lowest BCUT2D eigenvalue weighted by molar-refractivity contribution is 0.0992. The van der Waals surface area contributed by atoms with Gasteiger partial charge in [-0.25, -0.2) is 0 Å². The molecular weight excluding hydrogens is 422 g/mol. The number of benzene rings is 2. The summed E-state index contributed by atoms with van der Waals surface area (Å²) in [6.07, 6.45) is 5.35. The van der Waals surface area contributed by atoms with Crippen LogP contribution in [0.15, 0.2) is 51.1 Å². The predicted molar refractivity (Wildman–Crippen MR) is 102 cm³/mol. The fourth-order valence-corrected chi connectivity index (χ4v) is 3.01.